The second-order valence-corrected chi connectivity index (χ2v) is 6.63. The molecule has 0 radical (unpaired) electrons. The summed E-state index contributed by atoms with van der Waals surface area (Å²) in [6.07, 6.45) is 8.25. The third kappa shape index (κ3) is 5.69. The summed E-state index contributed by atoms with van der Waals surface area (Å²) in [7, 11) is 4.06. The normalized spacial score (nSPS) is 10.5. The molecule has 28 heavy (non-hydrogen) atoms. The van der Waals surface area contributed by atoms with E-state index in [-0.39, 0.29) is 12.4 Å². The number of hydrogen-bond donors (Lipinski definition) is 1. The fourth-order valence-electron chi connectivity index (χ4n) is 2.72. The maximum absolute atomic E-state index is 10.9. The van der Waals surface area contributed by atoms with E-state index in [0.29, 0.717) is 12.1 Å². The van der Waals surface area contributed by atoms with E-state index in [1.807, 2.05) is 38.6 Å². The van der Waals surface area contributed by atoms with Gasteiger partial charge < -0.3 is 22.4 Å². The Bertz CT molecular complexity index is 932. The van der Waals surface area contributed by atoms with Crippen LogP contribution >= 0.6 is 0 Å². The van der Waals surface area contributed by atoms with Crippen molar-refractivity contribution in [3.63, 3.8) is 0 Å². The zero-order valence-electron chi connectivity index (χ0n) is 15.9. The molecular formula is C23H23ClN2O2. The highest BCUT2D eigenvalue weighted by Gasteiger charge is 2.05. The number of aromatic carboxylic acids is 1. The number of aromatic nitrogens is 1. The molecule has 4 nitrogen and oxygen atoms in total. The first-order chi connectivity index (χ1) is 13.0. The predicted molar refractivity (Wildman–Crippen MR) is 109 cm³/mol. The van der Waals surface area contributed by atoms with Crippen LogP contribution in [0.4, 0.5) is 5.69 Å². The zero-order chi connectivity index (χ0) is 19.2. The summed E-state index contributed by atoms with van der Waals surface area (Å²) in [6, 6.07) is 19.5. The van der Waals surface area contributed by atoms with Crippen molar-refractivity contribution in [1.82, 2.24) is 0 Å². The number of benzene rings is 2. The van der Waals surface area contributed by atoms with Crippen LogP contribution in [0.3, 0.4) is 0 Å². The van der Waals surface area contributed by atoms with Gasteiger partial charge in [-0.15, -0.1) is 0 Å². The van der Waals surface area contributed by atoms with E-state index in [2.05, 4.69) is 58.0 Å². The molecule has 3 aromatic rings. The zero-order valence-corrected chi connectivity index (χ0v) is 16.7. The van der Waals surface area contributed by atoms with Gasteiger partial charge in [0.2, 0.25) is 0 Å². The highest BCUT2D eigenvalue weighted by molar-refractivity contribution is 5.87. The average Bonchev–Trinajstić information content (AvgIpc) is 2.68. The topological polar surface area (TPSA) is 44.4 Å². The Kier molecular flexibility index (Phi) is 7.36. The first-order valence-electron chi connectivity index (χ1n) is 8.78. The van der Waals surface area contributed by atoms with E-state index in [4.69, 9.17) is 5.11 Å². The largest absolute Gasteiger partial charge is 1.00 e. The van der Waals surface area contributed by atoms with Gasteiger partial charge in [-0.25, -0.2) is 9.36 Å². The molecule has 0 fully saturated rings. The van der Waals surface area contributed by atoms with Gasteiger partial charge in [-0.2, -0.15) is 0 Å². The number of carbonyl (C=O) groups is 1. The smallest absolute Gasteiger partial charge is 0.335 e. The van der Waals surface area contributed by atoms with Gasteiger partial charge in [-0.05, 0) is 35.4 Å². The van der Waals surface area contributed by atoms with E-state index in [9.17, 15) is 4.79 Å². The highest BCUT2D eigenvalue weighted by atomic mass is 35.5. The van der Waals surface area contributed by atoms with Crippen LogP contribution in [0.25, 0.3) is 12.2 Å². The summed E-state index contributed by atoms with van der Waals surface area (Å²) >= 11 is 0. The third-order valence-corrected chi connectivity index (χ3v) is 4.36. The van der Waals surface area contributed by atoms with E-state index in [1.54, 1.807) is 12.1 Å². The SMILES string of the molecule is CN(C)c1ccc(/C=C\c2cc[n+](Cc3ccc(C(=O)O)cc3)cc2)cc1.[Cl-]. The number of halogens is 1. The number of carboxylic acids is 1. The number of nitrogens with zero attached hydrogens (tertiary/aromatic N) is 2. The molecule has 0 spiro atoms. The van der Waals surface area contributed by atoms with Crippen molar-refractivity contribution in [2.75, 3.05) is 19.0 Å². The van der Waals surface area contributed by atoms with Crippen molar-refractivity contribution >= 4 is 23.8 Å². The molecular weight excluding hydrogens is 372 g/mol. The lowest BCUT2D eigenvalue weighted by Gasteiger charge is -2.11. The number of anilines is 1. The lowest BCUT2D eigenvalue weighted by molar-refractivity contribution is -0.688. The quantitative estimate of drug-likeness (QED) is 0.633. The second-order valence-electron chi connectivity index (χ2n) is 6.63. The predicted octanol–water partition coefficient (Wildman–Crippen LogP) is 0.961. The number of hydrogen-bond acceptors (Lipinski definition) is 2. The van der Waals surface area contributed by atoms with Crippen molar-refractivity contribution in [3.05, 3.63) is 95.3 Å². The first kappa shape index (κ1) is 21.2. The average molecular weight is 395 g/mol. The lowest BCUT2D eigenvalue weighted by atomic mass is 10.1. The standard InChI is InChI=1S/C23H22N2O2.ClH/c1-24(2)22-11-7-18(8-12-22)3-4-19-13-15-25(16-14-19)17-20-5-9-21(10-6-20)23(26)27;/h3-16H,17H2,1-2H3;1H. The molecule has 144 valence electrons. The minimum atomic E-state index is -0.901. The maximum Gasteiger partial charge on any atom is 0.335 e. The summed E-state index contributed by atoms with van der Waals surface area (Å²) in [5.41, 5.74) is 4.85. The van der Waals surface area contributed by atoms with Crippen LogP contribution in [0.15, 0.2) is 73.1 Å². The van der Waals surface area contributed by atoms with Crippen LogP contribution in [-0.2, 0) is 6.54 Å². The molecule has 0 aliphatic carbocycles. The Morgan fingerprint density at radius 2 is 1.43 bits per heavy atom. The third-order valence-electron chi connectivity index (χ3n) is 4.36. The molecule has 1 heterocycles. The molecule has 2 aromatic carbocycles. The van der Waals surface area contributed by atoms with Gasteiger partial charge in [0, 0.05) is 37.5 Å². The van der Waals surface area contributed by atoms with Crippen LogP contribution in [0, 0.1) is 0 Å². The fourth-order valence-corrected chi connectivity index (χ4v) is 2.72. The molecule has 0 saturated heterocycles. The van der Waals surface area contributed by atoms with Crippen molar-refractivity contribution < 1.29 is 26.9 Å². The van der Waals surface area contributed by atoms with Crippen LogP contribution < -0.4 is 21.9 Å². The van der Waals surface area contributed by atoms with Crippen LogP contribution in [-0.4, -0.2) is 25.2 Å². The van der Waals surface area contributed by atoms with Crippen molar-refractivity contribution in [1.29, 1.82) is 0 Å². The van der Waals surface area contributed by atoms with Crippen LogP contribution in [0.5, 0.6) is 0 Å². The molecule has 0 bridgehead atoms. The Morgan fingerprint density at radius 1 is 0.893 bits per heavy atom. The number of carboxylic acid groups (broad SMARTS) is 1. The van der Waals surface area contributed by atoms with Gasteiger partial charge in [0.1, 0.15) is 0 Å². The maximum atomic E-state index is 10.9. The van der Waals surface area contributed by atoms with Gasteiger partial charge in [0.05, 0.1) is 5.56 Å². The first-order valence-corrected chi connectivity index (χ1v) is 8.78. The summed E-state index contributed by atoms with van der Waals surface area (Å²) in [6.45, 7) is 0.704. The number of pyridine rings is 1. The van der Waals surface area contributed by atoms with Crippen molar-refractivity contribution in [2.45, 2.75) is 6.54 Å². The molecule has 0 aliphatic heterocycles. The molecule has 0 aliphatic rings. The summed E-state index contributed by atoms with van der Waals surface area (Å²) in [5.74, 6) is -0.901. The summed E-state index contributed by atoms with van der Waals surface area (Å²) in [5, 5.41) is 8.95. The molecule has 1 aromatic heterocycles. The van der Waals surface area contributed by atoms with Crippen LogP contribution in [0.1, 0.15) is 27.0 Å². The molecule has 0 atom stereocenters. The molecule has 1 N–H and O–H groups in total. The van der Waals surface area contributed by atoms with Gasteiger partial charge in [-0.1, -0.05) is 36.4 Å². The number of rotatable bonds is 6. The Hall–Kier alpha value is -3.11. The molecule has 0 unspecified atom stereocenters. The van der Waals surface area contributed by atoms with Gasteiger partial charge in [0.15, 0.2) is 18.9 Å². The Balaban J connectivity index is 0.00000280. The Labute approximate surface area is 171 Å². The highest BCUT2D eigenvalue weighted by Crippen LogP contribution is 2.14. The monoisotopic (exact) mass is 394 g/mol. The van der Waals surface area contributed by atoms with E-state index in [1.165, 1.54) is 5.69 Å². The molecule has 5 heteroatoms. The Morgan fingerprint density at radius 3 is 1.93 bits per heavy atom. The van der Waals surface area contributed by atoms with Crippen molar-refractivity contribution in [3.8, 4) is 0 Å². The minimum Gasteiger partial charge on any atom is -1.00 e. The van der Waals surface area contributed by atoms with E-state index < -0.39 is 5.97 Å². The van der Waals surface area contributed by atoms with Gasteiger partial charge in [-0.3, -0.25) is 0 Å². The summed E-state index contributed by atoms with van der Waals surface area (Å²) < 4.78 is 2.07. The summed E-state index contributed by atoms with van der Waals surface area (Å²) in [4.78, 5) is 13.0. The van der Waals surface area contributed by atoms with Crippen LogP contribution in [0.2, 0.25) is 0 Å². The molecule has 3 rings (SSSR count). The fraction of sp³-hybridized carbons (Fsp3) is 0.130. The van der Waals surface area contributed by atoms with Gasteiger partial charge >= 0.3 is 5.97 Å². The molecule has 0 amide bonds. The minimum absolute atomic E-state index is 0. The van der Waals surface area contributed by atoms with Gasteiger partial charge in [0.25, 0.3) is 0 Å². The van der Waals surface area contributed by atoms with E-state index >= 15 is 0 Å². The molecule has 0 saturated carbocycles. The lowest BCUT2D eigenvalue weighted by Crippen LogP contribution is -3.00. The second kappa shape index (κ2) is 9.72. The van der Waals surface area contributed by atoms with E-state index in [0.717, 1.165) is 16.7 Å². The van der Waals surface area contributed by atoms with Crippen molar-refractivity contribution in [2.24, 2.45) is 0 Å².